The first kappa shape index (κ1) is 25.4. The van der Waals surface area contributed by atoms with E-state index >= 15 is 0 Å². The molecule has 0 aromatic heterocycles. The molecule has 2 unspecified atom stereocenters. The predicted molar refractivity (Wildman–Crippen MR) is 115 cm³/mol. The molecular formula is C22H35N3O5. The second-order valence-electron chi connectivity index (χ2n) is 9.33. The highest BCUT2D eigenvalue weighted by molar-refractivity contribution is 5.92. The molecule has 2 atom stereocenters. The Morgan fingerprint density at radius 2 is 1.67 bits per heavy atom. The Kier molecular flexibility index (Phi) is 8.42. The van der Waals surface area contributed by atoms with Crippen LogP contribution in [0, 0.1) is 6.92 Å². The van der Waals surface area contributed by atoms with Crippen molar-refractivity contribution in [3.63, 3.8) is 0 Å². The van der Waals surface area contributed by atoms with Crippen LogP contribution >= 0.6 is 0 Å². The predicted octanol–water partition coefficient (Wildman–Crippen LogP) is 2.29. The van der Waals surface area contributed by atoms with Gasteiger partial charge in [0.05, 0.1) is 6.61 Å². The van der Waals surface area contributed by atoms with Crippen molar-refractivity contribution in [2.75, 3.05) is 13.7 Å². The second kappa shape index (κ2) is 9.93. The minimum absolute atomic E-state index is 0.360. The Hall–Kier alpha value is -2.61. The van der Waals surface area contributed by atoms with Gasteiger partial charge in [-0.05, 0) is 59.6 Å². The van der Waals surface area contributed by atoms with Crippen LogP contribution in [0.4, 0.5) is 4.79 Å². The molecule has 0 fully saturated rings. The van der Waals surface area contributed by atoms with Crippen molar-refractivity contribution in [1.82, 2.24) is 15.5 Å². The van der Waals surface area contributed by atoms with E-state index in [0.717, 1.165) is 5.56 Å². The van der Waals surface area contributed by atoms with Gasteiger partial charge < -0.3 is 25.4 Å². The normalized spacial score (nSPS) is 13.8. The first-order valence-corrected chi connectivity index (χ1v) is 9.91. The van der Waals surface area contributed by atoms with Gasteiger partial charge in [0, 0.05) is 12.6 Å². The molecule has 30 heavy (non-hydrogen) atoms. The zero-order chi connectivity index (χ0) is 23.3. The molecule has 8 nitrogen and oxygen atoms in total. The van der Waals surface area contributed by atoms with Crippen LogP contribution in [0.5, 0.6) is 0 Å². The van der Waals surface area contributed by atoms with E-state index < -0.39 is 41.8 Å². The Balaban J connectivity index is 3.19. The van der Waals surface area contributed by atoms with E-state index in [9.17, 15) is 19.5 Å². The number of likely N-dealkylation sites (N-methyl/N-ethyl adjacent to an activating group) is 1. The number of hydrogen-bond acceptors (Lipinski definition) is 5. The molecule has 1 aromatic rings. The third kappa shape index (κ3) is 7.67. The number of carbonyl (C=O) groups excluding carboxylic acids is 3. The highest BCUT2D eigenvalue weighted by atomic mass is 16.6. The summed E-state index contributed by atoms with van der Waals surface area (Å²) in [6.45, 7) is 11.8. The Morgan fingerprint density at radius 1 is 1.10 bits per heavy atom. The van der Waals surface area contributed by atoms with Crippen LogP contribution in [-0.2, 0) is 14.3 Å². The highest BCUT2D eigenvalue weighted by Gasteiger charge is 2.35. The Morgan fingerprint density at radius 3 is 2.13 bits per heavy atom. The number of carbonyl (C=O) groups is 3. The van der Waals surface area contributed by atoms with E-state index in [1.807, 2.05) is 39.8 Å². The molecule has 0 radical (unpaired) electrons. The fourth-order valence-electron chi connectivity index (χ4n) is 2.87. The zero-order valence-corrected chi connectivity index (χ0v) is 19.2. The second-order valence-corrected chi connectivity index (χ2v) is 9.33. The van der Waals surface area contributed by atoms with Gasteiger partial charge in [-0.2, -0.15) is 0 Å². The number of aliphatic hydroxyl groups is 1. The number of benzene rings is 1. The summed E-state index contributed by atoms with van der Waals surface area (Å²) in [6, 6.07) is 5.08. The number of aliphatic hydroxyl groups excluding tert-OH is 1. The van der Waals surface area contributed by atoms with Crippen molar-refractivity contribution in [1.29, 1.82) is 0 Å². The number of alkyl carbamates (subject to hydrolysis) is 1. The number of aryl methyl sites for hydroxylation is 1. The van der Waals surface area contributed by atoms with Crippen LogP contribution in [-0.4, -0.2) is 58.8 Å². The largest absolute Gasteiger partial charge is 0.444 e. The van der Waals surface area contributed by atoms with Crippen LogP contribution in [0.25, 0.3) is 0 Å². The Labute approximate surface area is 179 Å². The number of ether oxygens (including phenoxy) is 1. The molecule has 3 amide bonds. The summed E-state index contributed by atoms with van der Waals surface area (Å²) in [4.78, 5) is 39.5. The number of nitrogens with zero attached hydrogens (tertiary/aromatic N) is 1. The van der Waals surface area contributed by atoms with Crippen LogP contribution in [0.1, 0.15) is 58.7 Å². The average molecular weight is 422 g/mol. The Bertz CT molecular complexity index is 765. The van der Waals surface area contributed by atoms with Gasteiger partial charge >= 0.3 is 6.09 Å². The van der Waals surface area contributed by atoms with E-state index in [0.29, 0.717) is 5.56 Å². The smallest absolute Gasteiger partial charge is 0.408 e. The molecule has 0 heterocycles. The topological polar surface area (TPSA) is 108 Å². The molecule has 3 N–H and O–H groups in total. The minimum atomic E-state index is -1.25. The summed E-state index contributed by atoms with van der Waals surface area (Å²) in [5.41, 5.74) is 0.235. The summed E-state index contributed by atoms with van der Waals surface area (Å²) >= 11 is 0. The maximum absolute atomic E-state index is 13.1. The number of amides is 3. The molecule has 0 aliphatic carbocycles. The van der Waals surface area contributed by atoms with Gasteiger partial charge in [-0.15, -0.1) is 0 Å². The maximum atomic E-state index is 13.1. The fourth-order valence-corrected chi connectivity index (χ4v) is 2.87. The van der Waals surface area contributed by atoms with Crippen LogP contribution in [0.2, 0.25) is 0 Å². The van der Waals surface area contributed by atoms with E-state index in [4.69, 9.17) is 4.74 Å². The lowest BCUT2D eigenvalue weighted by atomic mass is 9.97. The molecule has 168 valence electrons. The SMILES string of the molecule is Cc1ccccc1C(C(=O)NC(C)(C)C)N(C)C(=O)C(CO)NC(=O)OC(C)(C)C. The molecule has 0 saturated carbocycles. The maximum Gasteiger partial charge on any atom is 0.408 e. The van der Waals surface area contributed by atoms with Gasteiger partial charge in [0.2, 0.25) is 11.8 Å². The van der Waals surface area contributed by atoms with Crippen molar-refractivity contribution in [2.45, 2.75) is 71.7 Å². The third-order valence-corrected chi connectivity index (χ3v) is 4.14. The molecule has 0 aliphatic heterocycles. The molecule has 1 rings (SSSR count). The van der Waals surface area contributed by atoms with Crippen molar-refractivity contribution in [3.05, 3.63) is 35.4 Å². The summed E-state index contributed by atoms with van der Waals surface area (Å²) in [5.74, 6) is -0.970. The standard InChI is InChI=1S/C22H35N3O5/c1-14-11-9-10-12-15(14)17(18(27)24-21(2,3)4)25(8)19(28)16(13-26)23-20(29)30-22(5,6)7/h9-12,16-17,26H,13H2,1-8H3,(H,23,29)(H,24,27). The molecule has 0 aliphatic rings. The highest BCUT2D eigenvalue weighted by Crippen LogP contribution is 2.25. The molecule has 1 aromatic carbocycles. The van der Waals surface area contributed by atoms with Crippen molar-refractivity contribution in [2.24, 2.45) is 0 Å². The van der Waals surface area contributed by atoms with Gasteiger partial charge in [-0.1, -0.05) is 24.3 Å². The van der Waals surface area contributed by atoms with E-state index in [1.54, 1.807) is 32.9 Å². The van der Waals surface area contributed by atoms with Crippen LogP contribution in [0.3, 0.4) is 0 Å². The van der Waals surface area contributed by atoms with E-state index in [-0.39, 0.29) is 5.91 Å². The van der Waals surface area contributed by atoms with Crippen molar-refractivity contribution in [3.8, 4) is 0 Å². The molecule has 0 spiro atoms. The lowest BCUT2D eigenvalue weighted by molar-refractivity contribution is -0.142. The average Bonchev–Trinajstić information content (AvgIpc) is 2.57. The summed E-state index contributed by atoms with van der Waals surface area (Å²) in [5, 5.41) is 15.0. The fraction of sp³-hybridized carbons (Fsp3) is 0.591. The lowest BCUT2D eigenvalue weighted by Crippen LogP contribution is -2.54. The van der Waals surface area contributed by atoms with E-state index in [2.05, 4.69) is 10.6 Å². The van der Waals surface area contributed by atoms with Crippen LogP contribution in [0.15, 0.2) is 24.3 Å². The summed E-state index contributed by atoms with van der Waals surface area (Å²) in [6.07, 6.45) is -0.824. The van der Waals surface area contributed by atoms with Crippen molar-refractivity contribution >= 4 is 17.9 Å². The quantitative estimate of drug-likeness (QED) is 0.653. The molecular weight excluding hydrogens is 386 g/mol. The van der Waals surface area contributed by atoms with Gasteiger partial charge in [0.1, 0.15) is 17.7 Å². The monoisotopic (exact) mass is 421 g/mol. The van der Waals surface area contributed by atoms with Crippen LogP contribution < -0.4 is 10.6 Å². The zero-order valence-electron chi connectivity index (χ0n) is 19.2. The first-order chi connectivity index (χ1) is 13.7. The first-order valence-electron chi connectivity index (χ1n) is 9.91. The summed E-state index contributed by atoms with van der Waals surface area (Å²) < 4.78 is 5.17. The van der Waals surface area contributed by atoms with Crippen molar-refractivity contribution < 1.29 is 24.2 Å². The van der Waals surface area contributed by atoms with Gasteiger partial charge in [-0.25, -0.2) is 4.79 Å². The van der Waals surface area contributed by atoms with E-state index in [1.165, 1.54) is 11.9 Å². The third-order valence-electron chi connectivity index (χ3n) is 4.14. The van der Waals surface area contributed by atoms with Gasteiger partial charge in [0.25, 0.3) is 0 Å². The molecule has 8 heteroatoms. The summed E-state index contributed by atoms with van der Waals surface area (Å²) in [7, 11) is 1.47. The number of hydrogen-bond donors (Lipinski definition) is 3. The number of nitrogens with one attached hydrogen (secondary N) is 2. The molecule has 0 saturated heterocycles. The van der Waals surface area contributed by atoms with Gasteiger partial charge in [-0.3, -0.25) is 9.59 Å². The minimum Gasteiger partial charge on any atom is -0.444 e. The molecule has 0 bridgehead atoms. The lowest BCUT2D eigenvalue weighted by Gasteiger charge is -2.33. The van der Waals surface area contributed by atoms with Gasteiger partial charge in [0.15, 0.2) is 0 Å². The number of rotatable bonds is 6.